The number of fused-ring (bicyclic) bond motifs is 4. The zero-order chi connectivity index (χ0) is 27.1. The predicted octanol–water partition coefficient (Wildman–Crippen LogP) is 6.03. The summed E-state index contributed by atoms with van der Waals surface area (Å²) >= 11 is 7.90. The number of ether oxygens (including phenoxy) is 4. The molecule has 5 aromatic rings. The van der Waals surface area contributed by atoms with E-state index >= 15 is 0 Å². The van der Waals surface area contributed by atoms with E-state index in [9.17, 15) is 4.79 Å². The maximum atomic E-state index is 12.7. The summed E-state index contributed by atoms with van der Waals surface area (Å²) in [4.78, 5) is 31.6. The summed E-state index contributed by atoms with van der Waals surface area (Å²) < 4.78 is 23.9. The summed E-state index contributed by atoms with van der Waals surface area (Å²) in [6, 6.07) is 9.21. The molecule has 39 heavy (non-hydrogen) atoms. The molecule has 2 aromatic carbocycles. The molecule has 0 bridgehead atoms. The van der Waals surface area contributed by atoms with E-state index in [0.29, 0.717) is 40.4 Å². The van der Waals surface area contributed by atoms with Crippen LogP contribution in [0.3, 0.4) is 0 Å². The molecule has 1 aliphatic heterocycles. The Kier molecular flexibility index (Phi) is 6.53. The van der Waals surface area contributed by atoms with Gasteiger partial charge in [-0.15, -0.1) is 11.3 Å². The van der Waals surface area contributed by atoms with Crippen LogP contribution in [0.5, 0.6) is 17.2 Å². The van der Waals surface area contributed by atoms with Gasteiger partial charge in [-0.2, -0.15) is 0 Å². The quantitative estimate of drug-likeness (QED) is 0.253. The molecular weight excluding hydrogens is 542 g/mol. The van der Waals surface area contributed by atoms with Gasteiger partial charge in [-0.25, -0.2) is 19.7 Å². The third-order valence-corrected chi connectivity index (χ3v) is 7.34. The summed E-state index contributed by atoms with van der Waals surface area (Å²) in [7, 11) is 1.57. The van der Waals surface area contributed by atoms with Crippen LogP contribution in [0.1, 0.15) is 12.7 Å². The lowest BCUT2D eigenvalue weighted by Gasteiger charge is -2.27. The van der Waals surface area contributed by atoms with E-state index in [2.05, 4.69) is 15.0 Å². The highest BCUT2D eigenvalue weighted by atomic mass is 35.5. The number of anilines is 1. The van der Waals surface area contributed by atoms with Crippen molar-refractivity contribution in [2.75, 3.05) is 25.2 Å². The first-order valence-corrected chi connectivity index (χ1v) is 13.3. The van der Waals surface area contributed by atoms with Gasteiger partial charge < -0.3 is 18.9 Å². The number of amides is 1. The van der Waals surface area contributed by atoms with Crippen LogP contribution in [-0.4, -0.2) is 52.6 Å². The molecular formula is C27H22ClN5O5S. The summed E-state index contributed by atoms with van der Waals surface area (Å²) in [5.74, 6) is 2.28. The van der Waals surface area contributed by atoms with Crippen LogP contribution in [0.25, 0.3) is 31.7 Å². The van der Waals surface area contributed by atoms with E-state index in [1.807, 2.05) is 31.2 Å². The molecule has 4 heterocycles. The first-order valence-electron chi connectivity index (χ1n) is 12.1. The van der Waals surface area contributed by atoms with Crippen molar-refractivity contribution in [2.45, 2.75) is 20.1 Å². The number of thiazole rings is 1. The molecule has 0 aliphatic carbocycles. The van der Waals surface area contributed by atoms with E-state index in [4.69, 9.17) is 35.5 Å². The Morgan fingerprint density at radius 2 is 2.00 bits per heavy atom. The summed E-state index contributed by atoms with van der Waals surface area (Å²) in [5.41, 5.74) is 2.81. The number of aryl methyl sites for hydroxylation is 1. The smallest absolute Gasteiger partial charge is 0.417 e. The van der Waals surface area contributed by atoms with Gasteiger partial charge in [0.25, 0.3) is 6.29 Å². The van der Waals surface area contributed by atoms with Crippen LogP contribution in [0, 0.1) is 6.92 Å². The minimum Gasteiger partial charge on any atom is -0.492 e. The molecule has 198 valence electrons. The average molecular weight is 564 g/mol. The number of aromatic nitrogens is 4. The molecule has 0 spiro atoms. The van der Waals surface area contributed by atoms with Crippen molar-refractivity contribution < 1.29 is 23.7 Å². The molecule has 12 heteroatoms. The van der Waals surface area contributed by atoms with E-state index in [1.165, 1.54) is 16.2 Å². The van der Waals surface area contributed by atoms with Gasteiger partial charge >= 0.3 is 6.09 Å². The van der Waals surface area contributed by atoms with Crippen molar-refractivity contribution in [1.82, 2.24) is 19.9 Å². The van der Waals surface area contributed by atoms with Gasteiger partial charge in [-0.3, -0.25) is 9.88 Å². The second-order valence-electron chi connectivity index (χ2n) is 8.68. The number of nitrogens with zero attached hydrogens (tertiary/aromatic N) is 5. The Morgan fingerprint density at radius 1 is 1.18 bits per heavy atom. The van der Waals surface area contributed by atoms with Crippen LogP contribution >= 0.6 is 22.9 Å². The van der Waals surface area contributed by atoms with Crippen LogP contribution in [-0.2, 0) is 4.74 Å². The van der Waals surface area contributed by atoms with Crippen LogP contribution in [0.15, 0.2) is 48.9 Å². The number of rotatable bonds is 5. The minimum atomic E-state index is -0.927. The lowest BCUT2D eigenvalue weighted by atomic mass is 10.1. The van der Waals surface area contributed by atoms with Crippen LogP contribution < -0.4 is 19.1 Å². The molecule has 1 amide bonds. The standard InChI is InChI=1S/C27H22ClN5O5S/c1-4-35-18-8-15-7-16(28)9-19(23(15)31-12-18)26-32-20-5-6-21-24(25(20)39-26)36-13-22(37-21)38-27(34)33(3)17-10-29-14(2)30-11-17/h5-12,22H,4,13H2,1-3H3/t22-/m1/s1. The molecule has 10 nitrogen and oxygen atoms in total. The largest absolute Gasteiger partial charge is 0.492 e. The SMILES string of the molecule is CCOc1cnc2c(-c3nc4ccc5c(c4s3)OC[C@@H](OC(=O)N(C)c3cnc(C)nc3)O5)cc(Cl)cc2c1. The number of benzene rings is 2. The molecule has 3 aromatic heterocycles. The highest BCUT2D eigenvalue weighted by molar-refractivity contribution is 7.22. The van der Waals surface area contributed by atoms with Crippen molar-refractivity contribution in [3.63, 3.8) is 0 Å². The normalized spacial score (nSPS) is 14.4. The van der Waals surface area contributed by atoms with E-state index in [1.54, 1.807) is 38.6 Å². The Hall–Kier alpha value is -4.22. The molecule has 1 aliphatic rings. The zero-order valence-electron chi connectivity index (χ0n) is 21.2. The number of hydrogen-bond acceptors (Lipinski definition) is 10. The van der Waals surface area contributed by atoms with Gasteiger partial charge in [0.15, 0.2) is 18.1 Å². The Morgan fingerprint density at radius 3 is 2.79 bits per heavy atom. The zero-order valence-corrected chi connectivity index (χ0v) is 22.7. The molecule has 0 radical (unpaired) electrons. The number of hydrogen-bond donors (Lipinski definition) is 0. The summed E-state index contributed by atoms with van der Waals surface area (Å²) in [6.45, 7) is 4.25. The van der Waals surface area contributed by atoms with Gasteiger partial charge in [0.1, 0.15) is 21.3 Å². The first kappa shape index (κ1) is 25.1. The van der Waals surface area contributed by atoms with Gasteiger partial charge in [-0.05, 0) is 44.2 Å². The highest BCUT2D eigenvalue weighted by Gasteiger charge is 2.29. The number of halogens is 1. The second kappa shape index (κ2) is 10.2. The highest BCUT2D eigenvalue weighted by Crippen LogP contribution is 2.45. The first-order chi connectivity index (χ1) is 18.9. The molecule has 0 fully saturated rings. The number of pyridine rings is 1. The lowest BCUT2D eigenvalue weighted by molar-refractivity contribution is -0.0717. The predicted molar refractivity (Wildman–Crippen MR) is 148 cm³/mol. The average Bonchev–Trinajstić information content (AvgIpc) is 3.37. The van der Waals surface area contributed by atoms with Crippen molar-refractivity contribution >= 4 is 55.8 Å². The van der Waals surface area contributed by atoms with Crippen molar-refractivity contribution in [3.05, 3.63) is 59.8 Å². The molecule has 0 saturated heterocycles. The van der Waals surface area contributed by atoms with Crippen molar-refractivity contribution in [3.8, 4) is 27.8 Å². The van der Waals surface area contributed by atoms with E-state index in [-0.39, 0.29) is 6.61 Å². The van der Waals surface area contributed by atoms with Gasteiger partial charge in [-0.1, -0.05) is 11.6 Å². The van der Waals surface area contributed by atoms with Gasteiger partial charge in [0.05, 0.1) is 41.9 Å². The fraction of sp³-hybridized carbons (Fsp3) is 0.222. The third-order valence-electron chi connectivity index (χ3n) is 6.02. The fourth-order valence-corrected chi connectivity index (χ4v) is 5.44. The van der Waals surface area contributed by atoms with E-state index < -0.39 is 12.4 Å². The third kappa shape index (κ3) is 4.86. The minimum absolute atomic E-state index is 0.0190. The Bertz CT molecular complexity index is 1710. The molecule has 1 atom stereocenters. The topological polar surface area (TPSA) is 109 Å². The summed E-state index contributed by atoms with van der Waals surface area (Å²) in [6.07, 6.45) is 3.25. The van der Waals surface area contributed by atoms with Crippen LogP contribution in [0.2, 0.25) is 5.02 Å². The van der Waals surface area contributed by atoms with Gasteiger partial charge in [0, 0.05) is 23.0 Å². The molecule has 0 saturated carbocycles. The van der Waals surface area contributed by atoms with Gasteiger partial charge in [0.2, 0.25) is 0 Å². The lowest BCUT2D eigenvalue weighted by Crippen LogP contribution is -2.38. The van der Waals surface area contributed by atoms with Crippen molar-refractivity contribution in [2.24, 2.45) is 0 Å². The number of carbonyl (C=O) groups excluding carboxylic acids is 1. The fourth-order valence-electron chi connectivity index (χ4n) is 4.14. The number of carbonyl (C=O) groups is 1. The molecule has 6 rings (SSSR count). The maximum absolute atomic E-state index is 12.7. The second-order valence-corrected chi connectivity index (χ2v) is 10.1. The Balaban J connectivity index is 1.26. The monoisotopic (exact) mass is 563 g/mol. The molecule has 0 N–H and O–H groups in total. The maximum Gasteiger partial charge on any atom is 0.417 e. The molecule has 0 unspecified atom stereocenters. The Labute approximate surface area is 232 Å². The van der Waals surface area contributed by atoms with E-state index in [0.717, 1.165) is 31.7 Å². The summed E-state index contributed by atoms with van der Waals surface area (Å²) in [5, 5.41) is 2.17. The van der Waals surface area contributed by atoms with Crippen molar-refractivity contribution in [1.29, 1.82) is 0 Å². The van der Waals surface area contributed by atoms with Crippen LogP contribution in [0.4, 0.5) is 10.5 Å².